The number of rotatable bonds is 5. The fourth-order valence-corrected chi connectivity index (χ4v) is 3.80. The van der Waals surface area contributed by atoms with E-state index in [0.717, 1.165) is 18.7 Å². The largest absolute Gasteiger partial charge is 0.493 e. The van der Waals surface area contributed by atoms with E-state index >= 15 is 0 Å². The highest BCUT2D eigenvalue weighted by molar-refractivity contribution is 5.52. The first-order valence-electron chi connectivity index (χ1n) is 10.6. The van der Waals surface area contributed by atoms with Crippen molar-refractivity contribution < 1.29 is 22.6 Å². The number of piperazine rings is 1. The van der Waals surface area contributed by atoms with Gasteiger partial charge in [0.2, 0.25) is 0 Å². The maximum Gasteiger partial charge on any atom is 0.416 e. The monoisotopic (exact) mass is 438 g/mol. The third kappa shape index (κ3) is 5.85. The Morgan fingerprint density at radius 3 is 2.03 bits per heavy atom. The zero-order valence-corrected chi connectivity index (χ0v) is 19.2. The minimum Gasteiger partial charge on any atom is -0.493 e. The number of hydrogen-bond acceptors (Lipinski definition) is 4. The Kier molecular flexibility index (Phi) is 8.62. The van der Waals surface area contributed by atoms with Crippen LogP contribution in [0.2, 0.25) is 0 Å². The van der Waals surface area contributed by atoms with Crippen LogP contribution in [0.15, 0.2) is 36.4 Å². The van der Waals surface area contributed by atoms with Crippen LogP contribution in [0.3, 0.4) is 0 Å². The first-order valence-corrected chi connectivity index (χ1v) is 10.6. The van der Waals surface area contributed by atoms with Crippen molar-refractivity contribution in [1.29, 1.82) is 0 Å². The third-order valence-electron chi connectivity index (χ3n) is 5.64. The van der Waals surface area contributed by atoms with Crippen molar-refractivity contribution in [3.8, 4) is 11.5 Å². The van der Waals surface area contributed by atoms with E-state index in [0.29, 0.717) is 30.3 Å². The summed E-state index contributed by atoms with van der Waals surface area (Å²) in [7, 11) is 3.22. The Morgan fingerprint density at radius 1 is 0.871 bits per heavy atom. The van der Waals surface area contributed by atoms with E-state index in [1.165, 1.54) is 13.0 Å². The number of aryl methyl sites for hydroxylation is 1. The molecule has 0 aromatic heterocycles. The molecule has 0 aliphatic carbocycles. The van der Waals surface area contributed by atoms with E-state index in [4.69, 9.17) is 9.47 Å². The van der Waals surface area contributed by atoms with Crippen LogP contribution in [-0.2, 0) is 6.18 Å². The summed E-state index contributed by atoms with van der Waals surface area (Å²) in [5.74, 6) is 1.38. The summed E-state index contributed by atoms with van der Waals surface area (Å²) < 4.78 is 50.4. The first-order chi connectivity index (χ1) is 14.7. The number of anilines is 1. The summed E-state index contributed by atoms with van der Waals surface area (Å²) in [5.41, 5.74) is 1.44. The summed E-state index contributed by atoms with van der Waals surface area (Å²) in [6.45, 7) is 10.5. The number of alkyl halides is 3. The number of halogens is 3. The van der Waals surface area contributed by atoms with Gasteiger partial charge >= 0.3 is 6.18 Å². The second-order valence-corrected chi connectivity index (χ2v) is 7.31. The Morgan fingerprint density at radius 2 is 1.48 bits per heavy atom. The van der Waals surface area contributed by atoms with Crippen LogP contribution in [-0.4, -0.2) is 45.3 Å². The number of nitrogens with zero attached hydrogens (tertiary/aromatic N) is 2. The minimum absolute atomic E-state index is 0.167. The lowest BCUT2D eigenvalue weighted by molar-refractivity contribution is -0.138. The molecule has 0 N–H and O–H groups in total. The Labute approximate surface area is 183 Å². The molecule has 1 aliphatic rings. The van der Waals surface area contributed by atoms with Gasteiger partial charge in [0, 0.05) is 37.9 Å². The average molecular weight is 439 g/mol. The molecule has 1 saturated heterocycles. The molecule has 4 nitrogen and oxygen atoms in total. The second kappa shape index (κ2) is 10.8. The van der Waals surface area contributed by atoms with Crippen LogP contribution in [0, 0.1) is 6.92 Å². The van der Waals surface area contributed by atoms with E-state index in [2.05, 4.69) is 11.8 Å². The number of benzene rings is 2. The predicted octanol–water partition coefficient (Wildman–Crippen LogP) is 5.94. The molecule has 0 unspecified atom stereocenters. The van der Waals surface area contributed by atoms with Crippen molar-refractivity contribution >= 4 is 5.69 Å². The van der Waals surface area contributed by atoms with Crippen molar-refractivity contribution in [2.24, 2.45) is 0 Å². The SMILES string of the molecule is CC.COc1ccc([C@@H](C)N2CCN(c3ccc(C)c(C(F)(F)F)c3)CC2)cc1OC. The Bertz CT molecular complexity index is 847. The van der Waals surface area contributed by atoms with Gasteiger partial charge in [-0.1, -0.05) is 26.0 Å². The summed E-state index contributed by atoms with van der Waals surface area (Å²) in [6, 6.07) is 10.7. The lowest BCUT2D eigenvalue weighted by atomic mass is 10.0. The zero-order chi connectivity index (χ0) is 23.2. The van der Waals surface area contributed by atoms with Crippen LogP contribution in [0.1, 0.15) is 43.5 Å². The molecule has 1 aliphatic heterocycles. The smallest absolute Gasteiger partial charge is 0.416 e. The van der Waals surface area contributed by atoms with E-state index < -0.39 is 11.7 Å². The minimum atomic E-state index is -4.33. The number of hydrogen-bond donors (Lipinski definition) is 0. The maximum absolute atomic E-state index is 13.2. The predicted molar refractivity (Wildman–Crippen MR) is 119 cm³/mol. The second-order valence-electron chi connectivity index (χ2n) is 7.31. The van der Waals surface area contributed by atoms with Gasteiger partial charge in [0.05, 0.1) is 19.8 Å². The maximum atomic E-state index is 13.2. The quantitative estimate of drug-likeness (QED) is 0.577. The molecule has 0 spiro atoms. The molecule has 0 bridgehead atoms. The van der Waals surface area contributed by atoms with Crippen LogP contribution >= 0.6 is 0 Å². The van der Waals surface area contributed by atoms with Crippen LogP contribution in [0.25, 0.3) is 0 Å². The number of ether oxygens (including phenoxy) is 2. The standard InChI is InChI=1S/C22H27F3N2O2.C2H6/c1-15-5-7-18(14-19(15)22(23,24)25)27-11-9-26(10-12-27)16(2)17-6-8-20(28-3)21(13-17)29-4;1-2/h5-8,13-14,16H,9-12H2,1-4H3;1-2H3/t16-;/m1./s1. The lowest BCUT2D eigenvalue weighted by Gasteiger charge is -2.39. The van der Waals surface area contributed by atoms with E-state index in [9.17, 15) is 13.2 Å². The fourth-order valence-electron chi connectivity index (χ4n) is 3.80. The molecule has 3 rings (SSSR count). The lowest BCUT2D eigenvalue weighted by Crippen LogP contribution is -2.47. The van der Waals surface area contributed by atoms with Crippen molar-refractivity contribution in [3.05, 3.63) is 53.1 Å². The molecule has 0 radical (unpaired) electrons. The van der Waals surface area contributed by atoms with Crippen LogP contribution < -0.4 is 14.4 Å². The van der Waals surface area contributed by atoms with Gasteiger partial charge in [-0.25, -0.2) is 0 Å². The molecular weight excluding hydrogens is 405 g/mol. The molecule has 31 heavy (non-hydrogen) atoms. The van der Waals surface area contributed by atoms with Gasteiger partial charge in [-0.2, -0.15) is 13.2 Å². The summed E-state index contributed by atoms with van der Waals surface area (Å²) in [6.07, 6.45) is -4.33. The number of methoxy groups -OCH3 is 2. The third-order valence-corrected chi connectivity index (χ3v) is 5.64. The zero-order valence-electron chi connectivity index (χ0n) is 19.2. The van der Waals surface area contributed by atoms with E-state index in [1.54, 1.807) is 26.4 Å². The molecule has 2 aromatic carbocycles. The van der Waals surface area contributed by atoms with Crippen LogP contribution in [0.4, 0.5) is 18.9 Å². The van der Waals surface area contributed by atoms with Gasteiger partial charge in [0.15, 0.2) is 11.5 Å². The van der Waals surface area contributed by atoms with E-state index in [-0.39, 0.29) is 11.6 Å². The molecule has 172 valence electrons. The van der Waals surface area contributed by atoms with Crippen LogP contribution in [0.5, 0.6) is 11.5 Å². The highest BCUT2D eigenvalue weighted by Gasteiger charge is 2.33. The molecule has 0 amide bonds. The first kappa shape index (κ1) is 24.9. The van der Waals surface area contributed by atoms with Gasteiger partial charge in [-0.15, -0.1) is 0 Å². The van der Waals surface area contributed by atoms with E-state index in [1.807, 2.05) is 36.9 Å². The van der Waals surface area contributed by atoms with Gasteiger partial charge in [-0.3, -0.25) is 4.90 Å². The molecular formula is C24H33F3N2O2. The molecule has 1 heterocycles. The summed E-state index contributed by atoms with van der Waals surface area (Å²) >= 11 is 0. The van der Waals surface area contributed by atoms with Crippen molar-refractivity contribution in [2.45, 2.75) is 39.9 Å². The molecule has 1 fully saturated rings. The Hall–Kier alpha value is -2.41. The molecule has 0 saturated carbocycles. The van der Waals surface area contributed by atoms with Crippen molar-refractivity contribution in [1.82, 2.24) is 4.90 Å². The van der Waals surface area contributed by atoms with Gasteiger partial charge in [-0.05, 0) is 49.2 Å². The molecule has 1 atom stereocenters. The molecule has 2 aromatic rings. The highest BCUT2D eigenvalue weighted by Crippen LogP contribution is 2.35. The normalized spacial score (nSPS) is 15.7. The van der Waals surface area contributed by atoms with Crippen molar-refractivity contribution in [2.75, 3.05) is 45.3 Å². The Balaban J connectivity index is 0.00000166. The topological polar surface area (TPSA) is 24.9 Å². The van der Waals surface area contributed by atoms with Gasteiger partial charge in [0.1, 0.15) is 0 Å². The van der Waals surface area contributed by atoms with Crippen molar-refractivity contribution in [3.63, 3.8) is 0 Å². The fraction of sp³-hybridized carbons (Fsp3) is 0.500. The van der Waals surface area contributed by atoms with Gasteiger partial charge < -0.3 is 14.4 Å². The highest BCUT2D eigenvalue weighted by atomic mass is 19.4. The average Bonchev–Trinajstić information content (AvgIpc) is 2.79. The van der Waals surface area contributed by atoms with Gasteiger partial charge in [0.25, 0.3) is 0 Å². The summed E-state index contributed by atoms with van der Waals surface area (Å²) in [4.78, 5) is 4.35. The molecule has 7 heteroatoms. The summed E-state index contributed by atoms with van der Waals surface area (Å²) in [5, 5.41) is 0.